The van der Waals surface area contributed by atoms with Gasteiger partial charge >= 0.3 is 0 Å². The van der Waals surface area contributed by atoms with Gasteiger partial charge in [-0.3, -0.25) is 4.90 Å². The lowest BCUT2D eigenvalue weighted by Crippen LogP contribution is -2.23. The van der Waals surface area contributed by atoms with Gasteiger partial charge in [0.25, 0.3) is 0 Å². The molecule has 148 valence electrons. The van der Waals surface area contributed by atoms with Gasteiger partial charge in [-0.05, 0) is 49.2 Å². The first-order chi connectivity index (χ1) is 14.2. The lowest BCUT2D eigenvalue weighted by molar-refractivity contribution is 0.207. The summed E-state index contributed by atoms with van der Waals surface area (Å²) in [5.41, 5.74) is 2.39. The second kappa shape index (κ2) is 7.57. The van der Waals surface area contributed by atoms with Crippen LogP contribution in [-0.4, -0.2) is 31.6 Å². The van der Waals surface area contributed by atoms with E-state index in [9.17, 15) is 4.39 Å². The number of benzene rings is 2. The molecule has 1 unspecified atom stereocenters. The maximum atomic E-state index is 13.8. The predicted octanol–water partition coefficient (Wildman–Crippen LogP) is 4.67. The van der Waals surface area contributed by atoms with Crippen LogP contribution in [0.5, 0.6) is 0 Å². The lowest BCUT2D eigenvalue weighted by atomic mass is 10.1. The van der Waals surface area contributed by atoms with Crippen LogP contribution in [-0.2, 0) is 13.0 Å². The van der Waals surface area contributed by atoms with Gasteiger partial charge in [0.15, 0.2) is 5.82 Å². The molecule has 3 heterocycles. The summed E-state index contributed by atoms with van der Waals surface area (Å²) in [6.45, 7) is 1.46. The summed E-state index contributed by atoms with van der Waals surface area (Å²) in [6.07, 6.45) is 2.38. The van der Waals surface area contributed by atoms with E-state index in [1.807, 2.05) is 18.2 Å². The third-order valence-electron chi connectivity index (χ3n) is 5.30. The average molecular weight is 412 g/mol. The van der Waals surface area contributed by atoms with Gasteiger partial charge in [-0.15, -0.1) is 0 Å². The third-order valence-corrected chi connectivity index (χ3v) is 5.53. The molecule has 0 spiro atoms. The Hall–Kier alpha value is -2.77. The summed E-state index contributed by atoms with van der Waals surface area (Å²) >= 11 is 6.08. The van der Waals surface area contributed by atoms with Crippen LogP contribution < -0.4 is 0 Å². The van der Waals surface area contributed by atoms with Crippen LogP contribution in [0.15, 0.2) is 47.0 Å². The number of fused-ring (bicyclic) bond motifs is 1. The van der Waals surface area contributed by atoms with Crippen molar-refractivity contribution in [2.24, 2.45) is 0 Å². The number of aromatic nitrogens is 4. The molecule has 2 aromatic carbocycles. The Kier molecular flexibility index (Phi) is 4.77. The zero-order chi connectivity index (χ0) is 19.8. The molecule has 2 aromatic heterocycles. The molecule has 0 saturated carbocycles. The van der Waals surface area contributed by atoms with Gasteiger partial charge in [0.2, 0.25) is 5.89 Å². The lowest BCUT2D eigenvalue weighted by Gasteiger charge is -2.20. The van der Waals surface area contributed by atoms with E-state index in [0.29, 0.717) is 35.3 Å². The number of aromatic amines is 1. The summed E-state index contributed by atoms with van der Waals surface area (Å²) in [6, 6.07) is 12.4. The van der Waals surface area contributed by atoms with Crippen LogP contribution in [0, 0.1) is 5.82 Å². The molecular weight excluding hydrogens is 393 g/mol. The molecule has 0 bridgehead atoms. The summed E-state index contributed by atoms with van der Waals surface area (Å²) in [4.78, 5) is 14.9. The van der Waals surface area contributed by atoms with Gasteiger partial charge in [0.05, 0.1) is 23.6 Å². The monoisotopic (exact) mass is 411 g/mol. The molecule has 0 amide bonds. The van der Waals surface area contributed by atoms with Crippen molar-refractivity contribution in [3.63, 3.8) is 0 Å². The van der Waals surface area contributed by atoms with Crippen LogP contribution in [0.4, 0.5) is 4.39 Å². The molecule has 8 heteroatoms. The third kappa shape index (κ3) is 3.75. The van der Waals surface area contributed by atoms with E-state index < -0.39 is 0 Å². The van der Waals surface area contributed by atoms with Crippen molar-refractivity contribution in [2.75, 3.05) is 6.54 Å². The Morgan fingerprint density at radius 2 is 2.10 bits per heavy atom. The minimum absolute atomic E-state index is 0.156. The fraction of sp³-hybridized carbons (Fsp3) is 0.286. The minimum atomic E-state index is -0.261. The standard InChI is InChI=1S/C21H19ClFN5O/c22-14-7-8-16-17(11-14)25-21(24-16)18-6-3-9-28(18)12-20-26-19(27-29-20)10-13-4-1-2-5-15(13)23/h1-2,4-5,7-8,11,18H,3,6,9-10,12H2,(H,24,25). The highest BCUT2D eigenvalue weighted by Gasteiger charge is 2.30. The summed E-state index contributed by atoms with van der Waals surface area (Å²) < 4.78 is 19.3. The Morgan fingerprint density at radius 1 is 1.21 bits per heavy atom. The molecule has 1 saturated heterocycles. The van der Waals surface area contributed by atoms with Crippen LogP contribution in [0.1, 0.15) is 42.0 Å². The molecule has 0 aliphatic carbocycles. The van der Waals surface area contributed by atoms with Crippen molar-refractivity contribution in [1.82, 2.24) is 25.0 Å². The van der Waals surface area contributed by atoms with Gasteiger partial charge in [0.1, 0.15) is 11.6 Å². The number of hydrogen-bond acceptors (Lipinski definition) is 5. The topological polar surface area (TPSA) is 70.8 Å². The number of rotatable bonds is 5. The molecule has 1 fully saturated rings. The van der Waals surface area contributed by atoms with Crippen LogP contribution in [0.2, 0.25) is 5.02 Å². The van der Waals surface area contributed by atoms with Gasteiger partial charge in [0, 0.05) is 11.4 Å². The number of likely N-dealkylation sites (tertiary alicyclic amines) is 1. The first-order valence-electron chi connectivity index (χ1n) is 9.60. The van der Waals surface area contributed by atoms with E-state index >= 15 is 0 Å². The second-order valence-electron chi connectivity index (χ2n) is 7.28. The maximum Gasteiger partial charge on any atom is 0.240 e. The summed E-state index contributed by atoms with van der Waals surface area (Å²) in [5.74, 6) is 1.68. The summed E-state index contributed by atoms with van der Waals surface area (Å²) in [5, 5.41) is 4.70. The molecule has 4 aromatic rings. The molecule has 5 rings (SSSR count). The van der Waals surface area contributed by atoms with Crippen molar-refractivity contribution in [2.45, 2.75) is 31.8 Å². The van der Waals surface area contributed by atoms with Crippen molar-refractivity contribution < 1.29 is 8.91 Å². The van der Waals surface area contributed by atoms with Crippen LogP contribution in [0.3, 0.4) is 0 Å². The fourth-order valence-electron chi connectivity index (χ4n) is 3.90. The molecule has 1 aliphatic heterocycles. The molecular formula is C21H19ClFN5O. The number of halogens is 2. The van der Waals surface area contributed by atoms with Crippen LogP contribution in [0.25, 0.3) is 11.0 Å². The van der Waals surface area contributed by atoms with Gasteiger partial charge < -0.3 is 9.51 Å². The van der Waals surface area contributed by atoms with Gasteiger partial charge in [-0.25, -0.2) is 9.37 Å². The van der Waals surface area contributed by atoms with Gasteiger partial charge in [-0.1, -0.05) is 35.0 Å². The number of hydrogen-bond donors (Lipinski definition) is 1. The van der Waals surface area contributed by atoms with Crippen molar-refractivity contribution in [3.8, 4) is 0 Å². The van der Waals surface area contributed by atoms with E-state index in [-0.39, 0.29) is 11.9 Å². The van der Waals surface area contributed by atoms with E-state index in [0.717, 1.165) is 36.2 Å². The van der Waals surface area contributed by atoms with Crippen molar-refractivity contribution >= 4 is 22.6 Å². The van der Waals surface area contributed by atoms with E-state index in [4.69, 9.17) is 21.1 Å². The van der Waals surface area contributed by atoms with E-state index in [1.165, 1.54) is 6.07 Å². The highest BCUT2D eigenvalue weighted by molar-refractivity contribution is 6.31. The first-order valence-corrected chi connectivity index (χ1v) is 9.97. The molecule has 6 nitrogen and oxygen atoms in total. The largest absolute Gasteiger partial charge is 0.341 e. The van der Waals surface area contributed by atoms with Crippen molar-refractivity contribution in [3.05, 3.63) is 76.4 Å². The smallest absolute Gasteiger partial charge is 0.240 e. The Balaban J connectivity index is 1.32. The molecule has 29 heavy (non-hydrogen) atoms. The number of H-pyrrole nitrogens is 1. The minimum Gasteiger partial charge on any atom is -0.341 e. The zero-order valence-corrected chi connectivity index (χ0v) is 16.4. The second-order valence-corrected chi connectivity index (χ2v) is 7.72. The predicted molar refractivity (Wildman–Crippen MR) is 107 cm³/mol. The van der Waals surface area contributed by atoms with Crippen LogP contribution >= 0.6 is 11.6 Å². The molecule has 1 atom stereocenters. The highest BCUT2D eigenvalue weighted by Crippen LogP contribution is 2.33. The van der Waals surface area contributed by atoms with Crippen molar-refractivity contribution in [1.29, 1.82) is 0 Å². The number of nitrogens with zero attached hydrogens (tertiary/aromatic N) is 4. The maximum absolute atomic E-state index is 13.8. The quantitative estimate of drug-likeness (QED) is 0.517. The number of imidazole rings is 1. The van der Waals surface area contributed by atoms with E-state index in [1.54, 1.807) is 18.2 Å². The number of nitrogens with one attached hydrogen (secondary N) is 1. The molecule has 1 N–H and O–H groups in total. The Morgan fingerprint density at radius 3 is 3.00 bits per heavy atom. The van der Waals surface area contributed by atoms with E-state index in [2.05, 4.69) is 20.0 Å². The average Bonchev–Trinajstić information content (AvgIpc) is 3.43. The SMILES string of the molecule is Fc1ccccc1Cc1noc(CN2CCCC2c2nc3ccc(Cl)cc3[nH]2)n1. The van der Waals surface area contributed by atoms with Gasteiger partial charge in [-0.2, -0.15) is 4.98 Å². The molecule has 1 aliphatic rings. The summed E-state index contributed by atoms with van der Waals surface area (Å²) in [7, 11) is 0. The Labute approximate surface area is 171 Å². The first kappa shape index (κ1) is 18.3. The normalized spacial score (nSPS) is 17.4. The highest BCUT2D eigenvalue weighted by atomic mass is 35.5. The molecule has 0 radical (unpaired) electrons. The fourth-order valence-corrected chi connectivity index (χ4v) is 4.07. The zero-order valence-electron chi connectivity index (χ0n) is 15.6. The Bertz CT molecular complexity index is 1160.